The van der Waals surface area contributed by atoms with Gasteiger partial charge in [0.15, 0.2) is 4.47 Å². The number of rotatable bonds is 1. The normalized spacial score (nSPS) is 21.2. The molecule has 0 bridgehead atoms. The molecule has 0 aliphatic carbocycles. The van der Waals surface area contributed by atoms with Gasteiger partial charge in [0, 0.05) is 24.8 Å². The molecule has 0 spiro atoms. The van der Waals surface area contributed by atoms with Crippen molar-refractivity contribution in [2.75, 3.05) is 13.2 Å². The van der Waals surface area contributed by atoms with Gasteiger partial charge in [-0.25, -0.2) is 4.98 Å². The highest BCUT2D eigenvalue weighted by molar-refractivity contribution is 7.25. The molecular formula is C8H11BClNO2S. The summed E-state index contributed by atoms with van der Waals surface area (Å²) in [5.41, 5.74) is 0.102. The minimum atomic E-state index is -0.284. The smallest absolute Gasteiger partial charge is 0.406 e. The molecule has 1 aromatic rings. The average Bonchev–Trinajstić information content (AvgIpc) is 2.52. The molecule has 6 heteroatoms. The molecule has 0 radical (unpaired) electrons. The van der Waals surface area contributed by atoms with Crippen molar-refractivity contribution >= 4 is 34.8 Å². The van der Waals surface area contributed by atoms with Crippen LogP contribution in [0.5, 0.6) is 0 Å². The molecule has 1 saturated heterocycles. The molecular weight excluding hydrogens is 220 g/mol. The largest absolute Gasteiger partial charge is 0.506 e. The lowest BCUT2D eigenvalue weighted by Crippen LogP contribution is -2.46. The fraction of sp³-hybridized carbons (Fsp3) is 0.625. The monoisotopic (exact) mass is 231 g/mol. The molecule has 3 nitrogen and oxygen atoms in total. The zero-order valence-corrected chi connectivity index (χ0v) is 9.69. The van der Waals surface area contributed by atoms with Crippen molar-refractivity contribution < 1.29 is 9.31 Å². The zero-order chi connectivity index (χ0) is 10.2. The molecule has 2 rings (SSSR count). The van der Waals surface area contributed by atoms with Crippen LogP contribution in [0.4, 0.5) is 0 Å². The van der Waals surface area contributed by atoms with E-state index in [9.17, 15) is 0 Å². The first kappa shape index (κ1) is 10.4. The van der Waals surface area contributed by atoms with Crippen molar-refractivity contribution in [3.8, 4) is 0 Å². The Morgan fingerprint density at radius 2 is 2.14 bits per heavy atom. The third kappa shape index (κ3) is 2.28. The molecule has 14 heavy (non-hydrogen) atoms. The topological polar surface area (TPSA) is 31.4 Å². The Hall–Kier alpha value is -0.0951. The highest BCUT2D eigenvalue weighted by Crippen LogP contribution is 2.22. The van der Waals surface area contributed by atoms with Gasteiger partial charge in [0.1, 0.15) is 0 Å². The van der Waals surface area contributed by atoms with Crippen molar-refractivity contribution in [3.63, 3.8) is 0 Å². The van der Waals surface area contributed by atoms with Gasteiger partial charge < -0.3 is 9.31 Å². The number of aromatic nitrogens is 1. The Balaban J connectivity index is 2.02. The first-order valence-corrected chi connectivity index (χ1v) is 5.61. The summed E-state index contributed by atoms with van der Waals surface area (Å²) in [6.45, 7) is 5.63. The van der Waals surface area contributed by atoms with Crippen LogP contribution in [0.15, 0.2) is 6.20 Å². The molecule has 1 aromatic heterocycles. The predicted octanol–water partition coefficient (Wildman–Crippen LogP) is 1.56. The van der Waals surface area contributed by atoms with Crippen LogP contribution >= 0.6 is 22.9 Å². The standard InChI is InChI=1S/C8H11BClNO2S/c1-8(2)4-12-9(13-5-8)6-3-11-7(10)14-6/h3H,4-5H2,1-2H3. The van der Waals surface area contributed by atoms with Crippen LogP contribution in [0.2, 0.25) is 4.47 Å². The van der Waals surface area contributed by atoms with E-state index in [1.54, 1.807) is 6.20 Å². The number of hydrogen-bond donors (Lipinski definition) is 0. The van der Waals surface area contributed by atoms with Gasteiger partial charge in [0.2, 0.25) is 0 Å². The molecule has 76 valence electrons. The maximum Gasteiger partial charge on any atom is 0.506 e. The minimum absolute atomic E-state index is 0.102. The lowest BCUT2D eigenvalue weighted by molar-refractivity contribution is 0.0346. The maximum absolute atomic E-state index is 5.73. The van der Waals surface area contributed by atoms with Crippen LogP contribution in [0.3, 0.4) is 0 Å². The highest BCUT2D eigenvalue weighted by Gasteiger charge is 2.34. The first-order valence-electron chi connectivity index (χ1n) is 4.41. The predicted molar refractivity (Wildman–Crippen MR) is 58.2 cm³/mol. The fourth-order valence-electron chi connectivity index (χ4n) is 1.23. The first-order chi connectivity index (χ1) is 6.57. The molecule has 0 amide bonds. The highest BCUT2D eigenvalue weighted by atomic mass is 35.5. The van der Waals surface area contributed by atoms with Gasteiger partial charge in [0.05, 0.1) is 4.78 Å². The Bertz CT molecular complexity index is 321. The number of halogens is 1. The van der Waals surface area contributed by atoms with E-state index < -0.39 is 0 Å². The zero-order valence-electron chi connectivity index (χ0n) is 8.12. The van der Waals surface area contributed by atoms with Crippen LogP contribution in [0.25, 0.3) is 0 Å². The summed E-state index contributed by atoms with van der Waals surface area (Å²) >= 11 is 7.13. The van der Waals surface area contributed by atoms with Gasteiger partial charge in [-0.1, -0.05) is 25.4 Å². The van der Waals surface area contributed by atoms with E-state index in [4.69, 9.17) is 20.9 Å². The van der Waals surface area contributed by atoms with E-state index in [1.807, 2.05) is 0 Å². The van der Waals surface area contributed by atoms with Crippen LogP contribution < -0.4 is 4.78 Å². The van der Waals surface area contributed by atoms with Crippen molar-refractivity contribution in [1.29, 1.82) is 0 Å². The third-order valence-corrected chi connectivity index (χ3v) is 3.12. The van der Waals surface area contributed by atoms with Crippen LogP contribution in [0.1, 0.15) is 13.8 Å². The molecule has 0 unspecified atom stereocenters. The number of nitrogens with zero attached hydrogens (tertiary/aromatic N) is 1. The molecule has 2 heterocycles. The Morgan fingerprint density at radius 1 is 1.50 bits per heavy atom. The van der Waals surface area contributed by atoms with E-state index in [2.05, 4.69) is 18.8 Å². The summed E-state index contributed by atoms with van der Waals surface area (Å²) in [5.74, 6) is 0. The molecule has 0 atom stereocenters. The van der Waals surface area contributed by atoms with Crippen molar-refractivity contribution in [2.45, 2.75) is 13.8 Å². The van der Waals surface area contributed by atoms with Gasteiger partial charge in [-0.2, -0.15) is 0 Å². The SMILES string of the molecule is CC1(C)COB(c2cnc(Cl)s2)OC1. The second-order valence-electron chi connectivity index (χ2n) is 4.13. The van der Waals surface area contributed by atoms with Crippen LogP contribution in [-0.2, 0) is 9.31 Å². The summed E-state index contributed by atoms with van der Waals surface area (Å²) in [6.07, 6.45) is 1.70. The fourth-order valence-corrected chi connectivity index (χ4v) is 2.18. The van der Waals surface area contributed by atoms with E-state index >= 15 is 0 Å². The summed E-state index contributed by atoms with van der Waals surface area (Å²) < 4.78 is 12.6. The maximum atomic E-state index is 5.73. The van der Waals surface area contributed by atoms with E-state index in [-0.39, 0.29) is 12.5 Å². The molecule has 0 N–H and O–H groups in total. The summed E-state index contributed by atoms with van der Waals surface area (Å²) in [5, 5.41) is 0. The van der Waals surface area contributed by atoms with Crippen molar-refractivity contribution in [3.05, 3.63) is 10.7 Å². The Labute approximate surface area is 92.5 Å². The molecule has 0 aromatic carbocycles. The molecule has 1 aliphatic rings. The van der Waals surface area contributed by atoms with Gasteiger partial charge in [-0.3, -0.25) is 0 Å². The summed E-state index contributed by atoms with van der Waals surface area (Å²) in [7, 11) is -0.284. The molecule has 1 fully saturated rings. The van der Waals surface area contributed by atoms with Crippen LogP contribution in [0, 0.1) is 5.41 Å². The van der Waals surface area contributed by atoms with Crippen LogP contribution in [-0.4, -0.2) is 25.3 Å². The van der Waals surface area contributed by atoms with Gasteiger partial charge >= 0.3 is 7.12 Å². The van der Waals surface area contributed by atoms with Gasteiger partial charge in [-0.15, -0.1) is 11.3 Å². The molecule has 0 saturated carbocycles. The number of thiazole rings is 1. The van der Waals surface area contributed by atoms with Gasteiger partial charge in [-0.05, 0) is 0 Å². The van der Waals surface area contributed by atoms with E-state index in [1.165, 1.54) is 11.3 Å². The van der Waals surface area contributed by atoms with Crippen molar-refractivity contribution in [1.82, 2.24) is 4.98 Å². The number of hydrogen-bond acceptors (Lipinski definition) is 4. The Morgan fingerprint density at radius 3 is 2.64 bits per heavy atom. The molecule has 1 aliphatic heterocycles. The second kappa shape index (κ2) is 3.81. The Kier molecular flexibility index (Phi) is 2.84. The van der Waals surface area contributed by atoms with Crippen molar-refractivity contribution in [2.24, 2.45) is 5.41 Å². The van der Waals surface area contributed by atoms with E-state index in [0.29, 0.717) is 17.7 Å². The summed E-state index contributed by atoms with van der Waals surface area (Å²) in [6, 6.07) is 0. The minimum Gasteiger partial charge on any atom is -0.406 e. The average molecular weight is 232 g/mol. The third-order valence-electron chi connectivity index (χ3n) is 1.98. The lowest BCUT2D eigenvalue weighted by atomic mass is 9.83. The van der Waals surface area contributed by atoms with Gasteiger partial charge in [0.25, 0.3) is 0 Å². The summed E-state index contributed by atoms with van der Waals surface area (Å²) in [4.78, 5) is 3.95. The lowest BCUT2D eigenvalue weighted by Gasteiger charge is -2.32. The van der Waals surface area contributed by atoms with E-state index in [0.717, 1.165) is 4.78 Å². The quantitative estimate of drug-likeness (QED) is 0.688. The second-order valence-corrected chi connectivity index (χ2v) is 5.78.